The summed E-state index contributed by atoms with van der Waals surface area (Å²) in [6, 6.07) is 7.82. The lowest BCUT2D eigenvalue weighted by Gasteiger charge is -2.15. The van der Waals surface area contributed by atoms with Crippen LogP contribution in [-0.2, 0) is 6.54 Å². The summed E-state index contributed by atoms with van der Waals surface area (Å²) >= 11 is 8.08. The number of nitrogens with two attached hydrogens (primary N) is 2. The number of nitrogens with zero attached hydrogens (tertiary/aromatic N) is 1. The van der Waals surface area contributed by atoms with Crippen LogP contribution < -0.4 is 11.6 Å². The Labute approximate surface area is 90.8 Å². The smallest absolute Gasteiger partial charge is 0.180 e. The van der Waals surface area contributed by atoms with Gasteiger partial charge in [-0.05, 0) is 29.9 Å². The standard InChI is InChI=1S/C8H10BrN3S/c9-7-3-1-2-6(4-7)5-12(11)8(10)13/h1-4H,5,11H2,(H2,10,13). The van der Waals surface area contributed by atoms with Gasteiger partial charge in [0.2, 0.25) is 0 Å². The van der Waals surface area contributed by atoms with Gasteiger partial charge in [0, 0.05) is 4.47 Å². The molecule has 0 heterocycles. The summed E-state index contributed by atoms with van der Waals surface area (Å²) in [6.45, 7) is 0.523. The molecule has 0 fully saturated rings. The van der Waals surface area contributed by atoms with Crippen LogP contribution in [0.4, 0.5) is 0 Å². The minimum Gasteiger partial charge on any atom is -0.375 e. The lowest BCUT2D eigenvalue weighted by atomic mass is 10.2. The van der Waals surface area contributed by atoms with E-state index in [0.717, 1.165) is 10.0 Å². The van der Waals surface area contributed by atoms with Crippen molar-refractivity contribution in [3.63, 3.8) is 0 Å². The predicted molar refractivity (Wildman–Crippen MR) is 60.7 cm³/mol. The lowest BCUT2D eigenvalue weighted by molar-refractivity contribution is 0.437. The highest BCUT2D eigenvalue weighted by atomic mass is 79.9. The maximum atomic E-state index is 5.55. The summed E-state index contributed by atoms with van der Waals surface area (Å²) in [6.07, 6.45) is 0. The Balaban J connectivity index is 2.69. The van der Waals surface area contributed by atoms with Crippen molar-refractivity contribution in [3.8, 4) is 0 Å². The Kier molecular flexibility index (Phi) is 3.65. The zero-order chi connectivity index (χ0) is 9.84. The van der Waals surface area contributed by atoms with Gasteiger partial charge in [0.05, 0.1) is 6.54 Å². The fourth-order valence-corrected chi connectivity index (χ4v) is 1.42. The molecule has 1 aromatic rings. The molecule has 0 aliphatic heterocycles. The van der Waals surface area contributed by atoms with Gasteiger partial charge in [-0.25, -0.2) is 5.84 Å². The molecule has 0 amide bonds. The van der Waals surface area contributed by atoms with Crippen LogP contribution in [0.1, 0.15) is 5.56 Å². The van der Waals surface area contributed by atoms with E-state index >= 15 is 0 Å². The molecular weight excluding hydrogens is 250 g/mol. The highest BCUT2D eigenvalue weighted by Crippen LogP contribution is 2.12. The Bertz CT molecular complexity index is 316. The Morgan fingerprint density at radius 3 is 2.77 bits per heavy atom. The van der Waals surface area contributed by atoms with Crippen LogP contribution >= 0.6 is 28.1 Å². The first kappa shape index (κ1) is 10.4. The molecule has 0 saturated carbocycles. The summed E-state index contributed by atoms with van der Waals surface area (Å²) < 4.78 is 1.02. The van der Waals surface area contributed by atoms with Gasteiger partial charge in [0.15, 0.2) is 5.11 Å². The maximum Gasteiger partial charge on any atom is 0.180 e. The first-order valence-electron chi connectivity index (χ1n) is 3.65. The first-order valence-corrected chi connectivity index (χ1v) is 4.86. The molecule has 5 heteroatoms. The number of halogens is 1. The molecule has 0 bridgehead atoms. The van der Waals surface area contributed by atoms with Gasteiger partial charge in [0.25, 0.3) is 0 Å². The van der Waals surface area contributed by atoms with E-state index in [1.165, 1.54) is 5.01 Å². The molecule has 0 atom stereocenters. The maximum absolute atomic E-state index is 5.55. The van der Waals surface area contributed by atoms with Crippen LogP contribution in [0.15, 0.2) is 28.7 Å². The van der Waals surface area contributed by atoms with E-state index in [1.54, 1.807) is 0 Å². The van der Waals surface area contributed by atoms with Gasteiger partial charge < -0.3 is 5.73 Å². The molecule has 70 valence electrons. The Morgan fingerprint density at radius 1 is 1.54 bits per heavy atom. The number of benzene rings is 1. The van der Waals surface area contributed by atoms with Crippen molar-refractivity contribution in [2.45, 2.75) is 6.54 Å². The lowest BCUT2D eigenvalue weighted by Crippen LogP contribution is -2.40. The molecule has 1 aromatic carbocycles. The molecule has 0 aliphatic rings. The van der Waals surface area contributed by atoms with Crippen molar-refractivity contribution in [2.75, 3.05) is 0 Å². The summed E-state index contributed by atoms with van der Waals surface area (Å²) in [5, 5.41) is 1.52. The summed E-state index contributed by atoms with van der Waals surface area (Å²) in [5.41, 5.74) is 6.40. The van der Waals surface area contributed by atoms with Crippen LogP contribution in [0, 0.1) is 0 Å². The molecule has 3 nitrogen and oxygen atoms in total. The van der Waals surface area contributed by atoms with E-state index in [0.29, 0.717) is 6.54 Å². The van der Waals surface area contributed by atoms with Gasteiger partial charge in [-0.2, -0.15) is 0 Å². The summed E-state index contributed by atoms with van der Waals surface area (Å²) in [5.74, 6) is 5.55. The molecule has 1 rings (SSSR count). The van der Waals surface area contributed by atoms with E-state index in [4.69, 9.17) is 23.8 Å². The minimum atomic E-state index is 0.194. The second-order valence-electron chi connectivity index (χ2n) is 2.60. The molecular formula is C8H10BrN3S. The van der Waals surface area contributed by atoms with E-state index in [2.05, 4.69) is 15.9 Å². The number of hydrogen-bond donors (Lipinski definition) is 2. The van der Waals surface area contributed by atoms with Crippen molar-refractivity contribution in [3.05, 3.63) is 34.3 Å². The molecule has 0 unspecified atom stereocenters. The Hall–Kier alpha value is -0.650. The van der Waals surface area contributed by atoms with Crippen molar-refractivity contribution in [1.29, 1.82) is 0 Å². The SMILES string of the molecule is NC(=S)N(N)Cc1cccc(Br)c1. The normalized spacial score (nSPS) is 9.69. The summed E-state index contributed by atoms with van der Waals surface area (Å²) in [4.78, 5) is 0. The number of hydrazine groups is 1. The third-order valence-electron chi connectivity index (χ3n) is 1.53. The van der Waals surface area contributed by atoms with Crippen molar-refractivity contribution in [1.82, 2.24) is 5.01 Å². The minimum absolute atomic E-state index is 0.194. The van der Waals surface area contributed by atoms with E-state index < -0.39 is 0 Å². The van der Waals surface area contributed by atoms with E-state index in [9.17, 15) is 0 Å². The van der Waals surface area contributed by atoms with Crippen LogP contribution in [0.2, 0.25) is 0 Å². The highest BCUT2D eigenvalue weighted by Gasteiger charge is 2.01. The van der Waals surface area contributed by atoms with Crippen LogP contribution in [0.3, 0.4) is 0 Å². The van der Waals surface area contributed by atoms with Crippen molar-refractivity contribution < 1.29 is 0 Å². The third kappa shape index (κ3) is 3.30. The molecule has 0 aromatic heterocycles. The number of thiocarbonyl (C=S) groups is 1. The fourth-order valence-electron chi connectivity index (χ4n) is 0.910. The summed E-state index contributed by atoms with van der Waals surface area (Å²) in [7, 11) is 0. The van der Waals surface area contributed by atoms with Crippen LogP contribution in [0.25, 0.3) is 0 Å². The topological polar surface area (TPSA) is 55.3 Å². The third-order valence-corrected chi connectivity index (χ3v) is 2.25. The zero-order valence-electron chi connectivity index (χ0n) is 6.90. The fraction of sp³-hybridized carbons (Fsp3) is 0.125. The molecule has 4 N–H and O–H groups in total. The van der Waals surface area contributed by atoms with E-state index in [-0.39, 0.29) is 5.11 Å². The van der Waals surface area contributed by atoms with E-state index in [1.807, 2.05) is 24.3 Å². The van der Waals surface area contributed by atoms with Crippen LogP contribution in [-0.4, -0.2) is 10.1 Å². The van der Waals surface area contributed by atoms with Gasteiger partial charge in [-0.15, -0.1) is 0 Å². The second-order valence-corrected chi connectivity index (χ2v) is 3.93. The molecule has 0 aliphatic carbocycles. The quantitative estimate of drug-likeness (QED) is 0.479. The number of hydrogen-bond acceptors (Lipinski definition) is 2. The largest absolute Gasteiger partial charge is 0.375 e. The van der Waals surface area contributed by atoms with Crippen LogP contribution in [0.5, 0.6) is 0 Å². The first-order chi connectivity index (χ1) is 6.09. The molecule has 13 heavy (non-hydrogen) atoms. The average Bonchev–Trinajstić information content (AvgIpc) is 2.04. The van der Waals surface area contributed by atoms with Gasteiger partial charge in [-0.3, -0.25) is 5.01 Å². The molecule has 0 saturated heterocycles. The molecule has 0 spiro atoms. The van der Waals surface area contributed by atoms with Crippen molar-refractivity contribution in [2.24, 2.45) is 11.6 Å². The molecule has 0 radical (unpaired) electrons. The zero-order valence-corrected chi connectivity index (χ0v) is 9.31. The monoisotopic (exact) mass is 259 g/mol. The van der Waals surface area contributed by atoms with Gasteiger partial charge >= 0.3 is 0 Å². The highest BCUT2D eigenvalue weighted by molar-refractivity contribution is 9.10. The Morgan fingerprint density at radius 2 is 2.23 bits per heavy atom. The van der Waals surface area contributed by atoms with Gasteiger partial charge in [0.1, 0.15) is 0 Å². The average molecular weight is 260 g/mol. The number of rotatable bonds is 2. The van der Waals surface area contributed by atoms with Crippen molar-refractivity contribution >= 4 is 33.3 Å². The predicted octanol–water partition coefficient (Wildman–Crippen LogP) is 1.37. The van der Waals surface area contributed by atoms with Gasteiger partial charge in [-0.1, -0.05) is 28.1 Å². The second kappa shape index (κ2) is 4.55.